The second kappa shape index (κ2) is 9.32. The van der Waals surface area contributed by atoms with E-state index >= 15 is 0 Å². The number of imide groups is 2. The molecule has 0 radical (unpaired) electrons. The Morgan fingerprint density at radius 2 is 1.85 bits per heavy atom. The zero-order chi connectivity index (χ0) is 28.7. The Morgan fingerprint density at radius 3 is 2.55 bits per heavy atom. The molecule has 3 fully saturated rings. The lowest BCUT2D eigenvalue weighted by molar-refractivity contribution is -0.143. The van der Waals surface area contributed by atoms with Crippen LogP contribution in [0.5, 0.6) is 11.5 Å². The number of hydrogen-bond donors (Lipinski definition) is 2. The van der Waals surface area contributed by atoms with E-state index in [1.807, 2.05) is 0 Å². The van der Waals surface area contributed by atoms with Crippen molar-refractivity contribution >= 4 is 68.7 Å². The normalized spacial score (nSPS) is 34.5. The second-order valence-corrected chi connectivity index (χ2v) is 12.5. The number of carbonyl (C=O) groups is 5. The molecule has 6 unspecified atom stereocenters. The quantitative estimate of drug-likeness (QED) is 0.214. The van der Waals surface area contributed by atoms with Crippen molar-refractivity contribution in [2.45, 2.75) is 35.4 Å². The molecule has 5 aliphatic rings. The Balaban J connectivity index is 1.47. The van der Waals surface area contributed by atoms with Gasteiger partial charge in [0.05, 0.1) is 30.0 Å². The summed E-state index contributed by atoms with van der Waals surface area (Å²) in [4.78, 5) is 63.5. The lowest BCUT2D eigenvalue weighted by Crippen LogP contribution is -2.61. The van der Waals surface area contributed by atoms with Gasteiger partial charge in [0, 0.05) is 24.4 Å². The number of aliphatic carboxylic acids is 1. The van der Waals surface area contributed by atoms with Crippen LogP contribution in [-0.4, -0.2) is 71.4 Å². The number of hydrogen-bond acceptors (Lipinski definition) is 7. The Bertz CT molecular complexity index is 1460. The van der Waals surface area contributed by atoms with Crippen LogP contribution < -0.4 is 4.74 Å². The third-order valence-electron chi connectivity index (χ3n) is 8.80. The summed E-state index contributed by atoms with van der Waals surface area (Å²) in [5.41, 5.74) is 1.65. The third-order valence-corrected chi connectivity index (χ3v) is 10.7. The van der Waals surface area contributed by atoms with Crippen LogP contribution in [0.15, 0.2) is 41.7 Å². The molecule has 2 saturated heterocycles. The van der Waals surface area contributed by atoms with Crippen LogP contribution in [0.1, 0.15) is 24.8 Å². The highest BCUT2D eigenvalue weighted by molar-refractivity contribution is 9.09. The van der Waals surface area contributed by atoms with E-state index < -0.39 is 69.4 Å². The first-order valence-corrected chi connectivity index (χ1v) is 14.6. The van der Waals surface area contributed by atoms with Crippen LogP contribution in [0, 0.1) is 23.7 Å². The predicted octanol–water partition coefficient (Wildman–Crippen LogP) is 2.93. The number of ether oxygens (including phenoxy) is 1. The minimum atomic E-state index is -1.95. The van der Waals surface area contributed by atoms with E-state index in [9.17, 15) is 29.1 Å². The maximum atomic E-state index is 13.8. The van der Waals surface area contributed by atoms with Crippen LogP contribution >= 0.6 is 39.1 Å². The SMILES string of the molecule is O=C(O)CCN1C(=O)C2CC=C3C(CC4(Cl)C(=O)N(CBr)C(=O)C4(Cl)C3C3=COc4ccc(O)cc4C3)C2C1=O. The van der Waals surface area contributed by atoms with Gasteiger partial charge in [-0.15, -0.1) is 23.2 Å². The van der Waals surface area contributed by atoms with Crippen LogP contribution in [-0.2, 0) is 30.4 Å². The zero-order valence-corrected chi connectivity index (χ0v) is 23.9. The molecular weight excluding hydrogens is 631 g/mol. The predicted molar refractivity (Wildman–Crippen MR) is 144 cm³/mol. The van der Waals surface area contributed by atoms with Crippen molar-refractivity contribution in [3.05, 3.63) is 47.2 Å². The van der Waals surface area contributed by atoms with Gasteiger partial charge in [-0.1, -0.05) is 27.6 Å². The Morgan fingerprint density at radius 1 is 1.10 bits per heavy atom. The van der Waals surface area contributed by atoms with Crippen molar-refractivity contribution in [2.75, 3.05) is 12.0 Å². The van der Waals surface area contributed by atoms with E-state index in [1.54, 1.807) is 12.1 Å². The number of likely N-dealkylation sites (tertiary alicyclic amines) is 2. The van der Waals surface area contributed by atoms with Gasteiger partial charge in [0.15, 0.2) is 9.75 Å². The molecule has 13 heteroatoms. The maximum absolute atomic E-state index is 13.8. The van der Waals surface area contributed by atoms with E-state index in [2.05, 4.69) is 15.9 Å². The molecule has 210 valence electrons. The molecule has 1 saturated carbocycles. The topological polar surface area (TPSA) is 142 Å². The molecule has 40 heavy (non-hydrogen) atoms. The van der Waals surface area contributed by atoms with Gasteiger partial charge in [0.2, 0.25) is 11.8 Å². The largest absolute Gasteiger partial charge is 0.508 e. The molecule has 10 nitrogen and oxygen atoms in total. The van der Waals surface area contributed by atoms with Gasteiger partial charge < -0.3 is 14.9 Å². The van der Waals surface area contributed by atoms with E-state index in [-0.39, 0.29) is 37.0 Å². The summed E-state index contributed by atoms with van der Waals surface area (Å²) in [5, 5.41) is 19.2. The molecule has 1 aromatic rings. The molecular formula is C27H23BrCl2N2O8. The summed E-state index contributed by atoms with van der Waals surface area (Å²) < 4.78 is 5.86. The molecule has 3 heterocycles. The molecule has 2 N–H and O–H groups in total. The maximum Gasteiger partial charge on any atom is 0.305 e. The third kappa shape index (κ3) is 3.56. The fourth-order valence-corrected chi connectivity index (χ4v) is 8.50. The molecule has 0 bridgehead atoms. The Kier molecular flexibility index (Phi) is 6.36. The number of fused-ring (bicyclic) bond motifs is 5. The van der Waals surface area contributed by atoms with E-state index in [0.29, 0.717) is 22.5 Å². The summed E-state index contributed by atoms with van der Waals surface area (Å²) in [7, 11) is 0. The van der Waals surface area contributed by atoms with Crippen molar-refractivity contribution in [1.82, 2.24) is 9.80 Å². The van der Waals surface area contributed by atoms with Crippen molar-refractivity contribution in [3.63, 3.8) is 0 Å². The van der Waals surface area contributed by atoms with Crippen LogP contribution in [0.4, 0.5) is 0 Å². The number of amides is 4. The molecule has 2 aliphatic carbocycles. The van der Waals surface area contributed by atoms with Gasteiger partial charge in [0.1, 0.15) is 11.5 Å². The number of allylic oxidation sites excluding steroid dienone is 3. The number of nitrogens with zero attached hydrogens (tertiary/aromatic N) is 2. The fraction of sp³-hybridized carbons (Fsp3) is 0.444. The van der Waals surface area contributed by atoms with Gasteiger partial charge in [-0.2, -0.15) is 0 Å². The molecule has 4 amide bonds. The first kappa shape index (κ1) is 27.3. The van der Waals surface area contributed by atoms with Gasteiger partial charge in [-0.25, -0.2) is 0 Å². The summed E-state index contributed by atoms with van der Waals surface area (Å²) in [6, 6.07) is 4.63. The number of phenolic OH excluding ortho intramolecular Hbond substituents is 1. The summed E-state index contributed by atoms with van der Waals surface area (Å²) >= 11 is 17.6. The van der Waals surface area contributed by atoms with Crippen LogP contribution in [0.2, 0.25) is 0 Å². The van der Waals surface area contributed by atoms with E-state index in [1.165, 1.54) is 18.4 Å². The number of carboxylic acid groups (broad SMARTS) is 1. The standard InChI is InChI=1S/C27H23BrCl2N2O8/c28-11-32-24(38)26(29)9-17-15(2-3-16-20(17)23(37)31(22(16)36)6-5-19(34)35)21(27(26,30)25(32)39)13-7-12-8-14(33)1-4-18(12)40-10-13/h1-2,4,8,10,16-17,20-21,33H,3,5-7,9,11H2,(H,34,35). The molecule has 6 atom stereocenters. The summed E-state index contributed by atoms with van der Waals surface area (Å²) in [6.45, 7) is -0.259. The highest BCUT2D eigenvalue weighted by Gasteiger charge is 2.76. The molecule has 3 aliphatic heterocycles. The summed E-state index contributed by atoms with van der Waals surface area (Å²) in [6.07, 6.45) is 3.12. The van der Waals surface area contributed by atoms with Gasteiger partial charge in [-0.05, 0) is 42.5 Å². The number of benzene rings is 1. The van der Waals surface area contributed by atoms with Crippen molar-refractivity contribution in [2.24, 2.45) is 23.7 Å². The molecule has 6 rings (SSSR count). The Hall–Kier alpha value is -2.89. The number of carbonyl (C=O) groups excluding carboxylic acids is 4. The monoisotopic (exact) mass is 652 g/mol. The number of carboxylic acids is 1. The first-order chi connectivity index (χ1) is 18.9. The van der Waals surface area contributed by atoms with Gasteiger partial charge >= 0.3 is 5.97 Å². The zero-order valence-electron chi connectivity index (χ0n) is 20.8. The van der Waals surface area contributed by atoms with E-state index in [0.717, 1.165) is 9.80 Å². The van der Waals surface area contributed by atoms with Crippen molar-refractivity contribution in [1.29, 1.82) is 0 Å². The summed E-state index contributed by atoms with van der Waals surface area (Å²) in [5.74, 6) is -6.28. The molecule has 1 aromatic carbocycles. The highest BCUT2D eigenvalue weighted by Crippen LogP contribution is 2.64. The first-order valence-electron chi connectivity index (χ1n) is 12.7. The van der Waals surface area contributed by atoms with Crippen molar-refractivity contribution < 1.29 is 38.9 Å². The molecule has 0 aromatic heterocycles. The van der Waals surface area contributed by atoms with E-state index in [4.69, 9.17) is 33.0 Å². The highest BCUT2D eigenvalue weighted by atomic mass is 79.9. The van der Waals surface area contributed by atoms with Crippen molar-refractivity contribution in [3.8, 4) is 11.5 Å². The number of phenols is 1. The van der Waals surface area contributed by atoms with Crippen LogP contribution in [0.3, 0.4) is 0 Å². The average molecular weight is 654 g/mol. The number of rotatable bonds is 5. The minimum absolute atomic E-state index is 0.0197. The molecule has 0 spiro atoms. The minimum Gasteiger partial charge on any atom is -0.508 e. The number of halogens is 3. The average Bonchev–Trinajstić information content (AvgIpc) is 3.24. The second-order valence-electron chi connectivity index (χ2n) is 10.7. The smallest absolute Gasteiger partial charge is 0.305 e. The number of alkyl halides is 3. The van der Waals surface area contributed by atoms with Gasteiger partial charge in [-0.3, -0.25) is 33.8 Å². The van der Waals surface area contributed by atoms with Crippen LogP contribution in [0.25, 0.3) is 0 Å². The fourth-order valence-electron chi connectivity index (χ4n) is 7.06. The lowest BCUT2D eigenvalue weighted by atomic mass is 9.56. The Labute approximate surface area is 246 Å². The lowest BCUT2D eigenvalue weighted by Gasteiger charge is -2.51. The van der Waals surface area contributed by atoms with Gasteiger partial charge in [0.25, 0.3) is 11.8 Å². The number of aromatic hydroxyl groups is 1.